The highest BCUT2D eigenvalue weighted by molar-refractivity contribution is 7.89. The second-order valence-corrected chi connectivity index (χ2v) is 7.14. The molecule has 0 aromatic heterocycles. The first-order valence-corrected chi connectivity index (χ1v) is 8.71. The van der Waals surface area contributed by atoms with E-state index in [-0.39, 0.29) is 10.9 Å². The number of ether oxygens (including phenoxy) is 1. The van der Waals surface area contributed by atoms with E-state index in [0.29, 0.717) is 18.2 Å². The Hall–Kier alpha value is -1.11. The number of nitrogens with two attached hydrogens (primary N) is 1. The average molecular weight is 314 g/mol. The summed E-state index contributed by atoms with van der Waals surface area (Å²) in [5, 5.41) is 0. The van der Waals surface area contributed by atoms with Gasteiger partial charge in [-0.3, -0.25) is 0 Å². The highest BCUT2D eigenvalue weighted by atomic mass is 32.2. The molecule has 0 aliphatic carbocycles. The maximum absolute atomic E-state index is 12.5. The summed E-state index contributed by atoms with van der Waals surface area (Å²) in [6, 6.07) is 4.78. The second-order valence-electron chi connectivity index (χ2n) is 5.46. The third-order valence-corrected chi connectivity index (χ3v) is 5.19. The molecule has 0 aliphatic heterocycles. The van der Waals surface area contributed by atoms with Crippen LogP contribution in [0.3, 0.4) is 0 Å². The van der Waals surface area contributed by atoms with E-state index in [1.165, 1.54) is 7.11 Å². The monoisotopic (exact) mass is 314 g/mol. The molecule has 3 N–H and O–H groups in total. The average Bonchev–Trinajstić information content (AvgIpc) is 2.45. The lowest BCUT2D eigenvalue weighted by Gasteiger charge is -2.18. The smallest absolute Gasteiger partial charge is 0.244 e. The molecular weight excluding hydrogens is 288 g/mol. The molecule has 0 aliphatic rings. The van der Waals surface area contributed by atoms with Crippen molar-refractivity contribution >= 4 is 10.0 Å². The number of nitrogens with one attached hydrogen (secondary N) is 1. The minimum atomic E-state index is -3.60. The topological polar surface area (TPSA) is 81.4 Å². The molecule has 21 heavy (non-hydrogen) atoms. The molecule has 0 spiro atoms. The molecule has 0 radical (unpaired) electrons. The summed E-state index contributed by atoms with van der Waals surface area (Å²) in [4.78, 5) is 0.151. The van der Waals surface area contributed by atoms with E-state index in [0.717, 1.165) is 18.4 Å². The van der Waals surface area contributed by atoms with Crippen molar-refractivity contribution in [3.8, 4) is 5.75 Å². The first kappa shape index (κ1) is 17.9. The second kappa shape index (κ2) is 7.77. The van der Waals surface area contributed by atoms with Crippen LogP contribution in [-0.2, 0) is 16.6 Å². The SMILES string of the molecule is CCC(C)CC(C)NS(=O)(=O)c1ccc(CN)cc1OC. The van der Waals surface area contributed by atoms with Gasteiger partial charge in [-0.15, -0.1) is 0 Å². The Bertz CT molecular complexity index is 558. The third kappa shape index (κ3) is 4.98. The number of benzene rings is 1. The molecule has 2 unspecified atom stereocenters. The normalized spacial score (nSPS) is 14.7. The Balaban J connectivity index is 2.97. The quantitative estimate of drug-likeness (QED) is 0.771. The van der Waals surface area contributed by atoms with E-state index < -0.39 is 10.0 Å². The van der Waals surface area contributed by atoms with Crippen molar-refractivity contribution in [3.63, 3.8) is 0 Å². The fraction of sp³-hybridized carbons (Fsp3) is 0.600. The van der Waals surface area contributed by atoms with Crippen molar-refractivity contribution < 1.29 is 13.2 Å². The number of rotatable bonds is 8. The summed E-state index contributed by atoms with van der Waals surface area (Å²) in [7, 11) is -2.14. The minimum absolute atomic E-state index is 0.121. The van der Waals surface area contributed by atoms with Gasteiger partial charge in [0, 0.05) is 12.6 Å². The zero-order valence-electron chi connectivity index (χ0n) is 13.2. The van der Waals surface area contributed by atoms with Gasteiger partial charge >= 0.3 is 0 Å². The van der Waals surface area contributed by atoms with Gasteiger partial charge in [-0.05, 0) is 37.0 Å². The van der Waals surface area contributed by atoms with Crippen LogP contribution >= 0.6 is 0 Å². The van der Waals surface area contributed by atoms with Gasteiger partial charge in [0.15, 0.2) is 0 Å². The predicted octanol–water partition coefficient (Wildman–Crippen LogP) is 2.26. The molecule has 2 atom stereocenters. The van der Waals surface area contributed by atoms with Crippen molar-refractivity contribution in [2.24, 2.45) is 11.7 Å². The zero-order valence-corrected chi connectivity index (χ0v) is 14.0. The van der Waals surface area contributed by atoms with Crippen LogP contribution in [0, 0.1) is 5.92 Å². The first-order valence-electron chi connectivity index (χ1n) is 7.23. The number of hydrogen-bond acceptors (Lipinski definition) is 4. The van der Waals surface area contributed by atoms with Crippen LogP contribution in [-0.4, -0.2) is 21.6 Å². The van der Waals surface area contributed by atoms with Crippen LogP contribution < -0.4 is 15.2 Å². The largest absolute Gasteiger partial charge is 0.495 e. The molecule has 0 saturated carbocycles. The third-order valence-electron chi connectivity index (χ3n) is 3.56. The van der Waals surface area contributed by atoms with E-state index >= 15 is 0 Å². The van der Waals surface area contributed by atoms with Crippen LogP contribution in [0.2, 0.25) is 0 Å². The highest BCUT2D eigenvalue weighted by Crippen LogP contribution is 2.25. The molecule has 0 fully saturated rings. The standard InChI is InChI=1S/C15H26N2O3S/c1-5-11(2)8-12(3)17-21(18,19)15-7-6-13(10-16)9-14(15)20-4/h6-7,9,11-12,17H,5,8,10,16H2,1-4H3. The lowest BCUT2D eigenvalue weighted by atomic mass is 10.0. The van der Waals surface area contributed by atoms with Gasteiger partial charge < -0.3 is 10.5 Å². The number of methoxy groups -OCH3 is 1. The molecule has 0 saturated heterocycles. The zero-order chi connectivity index (χ0) is 16.0. The van der Waals surface area contributed by atoms with Crippen LogP contribution in [0.4, 0.5) is 0 Å². The Morgan fingerprint density at radius 3 is 2.52 bits per heavy atom. The van der Waals surface area contributed by atoms with Crippen molar-refractivity contribution in [3.05, 3.63) is 23.8 Å². The van der Waals surface area contributed by atoms with Crippen molar-refractivity contribution in [1.82, 2.24) is 4.72 Å². The van der Waals surface area contributed by atoms with Crippen LogP contribution in [0.1, 0.15) is 39.2 Å². The van der Waals surface area contributed by atoms with Gasteiger partial charge in [-0.2, -0.15) is 0 Å². The molecule has 1 rings (SSSR count). The lowest BCUT2D eigenvalue weighted by molar-refractivity contribution is 0.400. The first-order chi connectivity index (χ1) is 9.83. The van der Waals surface area contributed by atoms with E-state index in [1.807, 2.05) is 6.92 Å². The van der Waals surface area contributed by atoms with Crippen LogP contribution in [0.25, 0.3) is 0 Å². The van der Waals surface area contributed by atoms with E-state index in [2.05, 4.69) is 18.6 Å². The summed E-state index contributed by atoms with van der Waals surface area (Å²) in [5.41, 5.74) is 6.39. The molecule has 5 nitrogen and oxygen atoms in total. The molecule has 0 bridgehead atoms. The Morgan fingerprint density at radius 2 is 2.00 bits per heavy atom. The van der Waals surface area contributed by atoms with Gasteiger partial charge in [0.25, 0.3) is 0 Å². The number of sulfonamides is 1. The van der Waals surface area contributed by atoms with Crippen molar-refractivity contribution in [2.45, 2.75) is 51.1 Å². The summed E-state index contributed by atoms with van der Waals surface area (Å²) in [5.74, 6) is 0.797. The molecule has 0 heterocycles. The van der Waals surface area contributed by atoms with Crippen molar-refractivity contribution in [2.75, 3.05) is 7.11 Å². The minimum Gasteiger partial charge on any atom is -0.495 e. The van der Waals surface area contributed by atoms with Gasteiger partial charge in [0.1, 0.15) is 10.6 Å². The molecule has 6 heteroatoms. The Labute approximate surface area is 127 Å². The Morgan fingerprint density at radius 1 is 1.33 bits per heavy atom. The van der Waals surface area contributed by atoms with Gasteiger partial charge in [-0.25, -0.2) is 13.1 Å². The summed E-state index contributed by atoms with van der Waals surface area (Å²) in [6.07, 6.45) is 1.83. The van der Waals surface area contributed by atoms with E-state index in [4.69, 9.17) is 10.5 Å². The lowest BCUT2D eigenvalue weighted by Crippen LogP contribution is -2.34. The van der Waals surface area contributed by atoms with E-state index in [9.17, 15) is 8.42 Å². The van der Waals surface area contributed by atoms with Gasteiger partial charge in [0.05, 0.1) is 7.11 Å². The maximum Gasteiger partial charge on any atom is 0.244 e. The van der Waals surface area contributed by atoms with Crippen LogP contribution in [0.15, 0.2) is 23.1 Å². The van der Waals surface area contributed by atoms with Crippen molar-refractivity contribution in [1.29, 1.82) is 0 Å². The summed E-state index contributed by atoms with van der Waals surface area (Å²) < 4.78 is 32.8. The highest BCUT2D eigenvalue weighted by Gasteiger charge is 2.22. The fourth-order valence-corrected chi connectivity index (χ4v) is 3.61. The molecule has 1 aromatic rings. The summed E-state index contributed by atoms with van der Waals surface area (Å²) in [6.45, 7) is 6.43. The fourth-order valence-electron chi connectivity index (χ4n) is 2.21. The molecule has 1 aromatic carbocycles. The molecule has 120 valence electrons. The molecular formula is C15H26N2O3S. The van der Waals surface area contributed by atoms with Gasteiger partial charge in [0.2, 0.25) is 10.0 Å². The van der Waals surface area contributed by atoms with Gasteiger partial charge in [-0.1, -0.05) is 26.3 Å². The maximum atomic E-state index is 12.5. The Kier molecular flexibility index (Phi) is 6.64. The summed E-state index contributed by atoms with van der Waals surface area (Å²) >= 11 is 0. The number of hydrogen-bond donors (Lipinski definition) is 2. The molecule has 0 amide bonds. The van der Waals surface area contributed by atoms with E-state index in [1.54, 1.807) is 18.2 Å². The predicted molar refractivity (Wildman–Crippen MR) is 84.7 cm³/mol. The van der Waals surface area contributed by atoms with Crippen LogP contribution in [0.5, 0.6) is 5.75 Å².